The number of hydrogen-bond acceptors (Lipinski definition) is 5. The molecule has 1 atom stereocenters. The van der Waals surface area contributed by atoms with E-state index >= 15 is 0 Å². The van der Waals surface area contributed by atoms with Crippen LogP contribution in [0.2, 0.25) is 0 Å². The first-order valence-corrected chi connectivity index (χ1v) is 8.25. The van der Waals surface area contributed by atoms with Crippen LogP contribution in [0, 0.1) is 4.77 Å². The van der Waals surface area contributed by atoms with Crippen LogP contribution in [0.5, 0.6) is 5.75 Å². The van der Waals surface area contributed by atoms with E-state index in [4.69, 9.17) is 21.7 Å². The highest BCUT2D eigenvalue weighted by Gasteiger charge is 2.23. The first kappa shape index (κ1) is 15.9. The molecule has 3 rings (SSSR count). The van der Waals surface area contributed by atoms with Gasteiger partial charge in [-0.15, -0.1) is 0 Å². The standard InChI is InChI=1S/C16H20N4O2S/c1-2-8-21-13-6-3-5-12(10-13)11-17-20-15(18-19-16(20)23)14-7-4-9-22-14/h3,5-6,10-11,14H,2,4,7-9H2,1H3,(H,19,23)/b17-11-. The molecule has 2 heterocycles. The van der Waals surface area contributed by atoms with Crippen LogP contribution in [0.25, 0.3) is 0 Å². The molecule has 2 aromatic rings. The molecule has 1 fully saturated rings. The van der Waals surface area contributed by atoms with E-state index in [0.717, 1.165) is 43.0 Å². The van der Waals surface area contributed by atoms with Crippen LogP contribution in [-0.2, 0) is 4.74 Å². The predicted molar refractivity (Wildman–Crippen MR) is 90.6 cm³/mol. The molecule has 0 radical (unpaired) electrons. The van der Waals surface area contributed by atoms with Crippen molar-refractivity contribution < 1.29 is 9.47 Å². The third-order valence-electron chi connectivity index (χ3n) is 3.55. The zero-order valence-electron chi connectivity index (χ0n) is 13.1. The van der Waals surface area contributed by atoms with Crippen molar-refractivity contribution in [3.63, 3.8) is 0 Å². The summed E-state index contributed by atoms with van der Waals surface area (Å²) in [6.45, 7) is 3.54. The Morgan fingerprint density at radius 1 is 1.57 bits per heavy atom. The summed E-state index contributed by atoms with van der Waals surface area (Å²) in [5.74, 6) is 1.56. The fourth-order valence-corrected chi connectivity index (χ4v) is 2.62. The Kier molecular flexibility index (Phi) is 5.19. The molecule has 0 saturated carbocycles. The summed E-state index contributed by atoms with van der Waals surface area (Å²) in [6.07, 6.45) is 4.66. The Labute approximate surface area is 140 Å². The van der Waals surface area contributed by atoms with Gasteiger partial charge in [0.05, 0.1) is 12.8 Å². The predicted octanol–water partition coefficient (Wildman–Crippen LogP) is 3.46. The topological polar surface area (TPSA) is 64.4 Å². The summed E-state index contributed by atoms with van der Waals surface area (Å²) >= 11 is 5.26. The van der Waals surface area contributed by atoms with Crippen LogP contribution in [0.3, 0.4) is 0 Å². The molecule has 23 heavy (non-hydrogen) atoms. The van der Waals surface area contributed by atoms with Gasteiger partial charge in [-0.1, -0.05) is 19.1 Å². The molecule has 1 unspecified atom stereocenters. The highest BCUT2D eigenvalue weighted by molar-refractivity contribution is 7.71. The number of hydrogen-bond donors (Lipinski definition) is 1. The third kappa shape index (κ3) is 3.86. The molecule has 1 aromatic carbocycles. The van der Waals surface area contributed by atoms with Crippen molar-refractivity contribution in [2.75, 3.05) is 13.2 Å². The third-order valence-corrected chi connectivity index (χ3v) is 3.81. The smallest absolute Gasteiger partial charge is 0.216 e. The maximum absolute atomic E-state index is 5.66. The average molecular weight is 332 g/mol. The molecule has 0 bridgehead atoms. The highest BCUT2D eigenvalue weighted by Crippen LogP contribution is 2.27. The van der Waals surface area contributed by atoms with Gasteiger partial charge in [-0.25, -0.2) is 0 Å². The van der Waals surface area contributed by atoms with Crippen molar-refractivity contribution in [3.8, 4) is 5.75 Å². The quantitative estimate of drug-likeness (QED) is 0.650. The van der Waals surface area contributed by atoms with Crippen molar-refractivity contribution in [3.05, 3.63) is 40.4 Å². The van der Waals surface area contributed by atoms with Gasteiger partial charge in [0.1, 0.15) is 11.9 Å². The van der Waals surface area contributed by atoms with Crippen LogP contribution < -0.4 is 4.74 Å². The summed E-state index contributed by atoms with van der Waals surface area (Å²) in [5.41, 5.74) is 0.944. The molecule has 0 spiro atoms. The summed E-state index contributed by atoms with van der Waals surface area (Å²) < 4.78 is 13.4. The SMILES string of the molecule is CCCOc1cccc(/C=N\n2c(C3CCCO3)n[nH]c2=S)c1. The van der Waals surface area contributed by atoms with Crippen molar-refractivity contribution >= 4 is 18.4 Å². The van der Waals surface area contributed by atoms with Crippen LogP contribution in [0.4, 0.5) is 0 Å². The van der Waals surface area contributed by atoms with Crippen molar-refractivity contribution in [2.24, 2.45) is 5.10 Å². The van der Waals surface area contributed by atoms with Gasteiger partial charge in [0.2, 0.25) is 4.77 Å². The van der Waals surface area contributed by atoms with E-state index < -0.39 is 0 Å². The fraction of sp³-hybridized carbons (Fsp3) is 0.438. The summed E-state index contributed by atoms with van der Waals surface area (Å²) in [7, 11) is 0. The molecular weight excluding hydrogens is 312 g/mol. The van der Waals surface area contributed by atoms with Crippen LogP contribution in [0.15, 0.2) is 29.4 Å². The number of ether oxygens (including phenoxy) is 2. The molecule has 6 nitrogen and oxygen atoms in total. The van der Waals surface area contributed by atoms with E-state index in [1.165, 1.54) is 0 Å². The first-order valence-electron chi connectivity index (χ1n) is 7.84. The Balaban J connectivity index is 1.80. The van der Waals surface area contributed by atoms with Gasteiger partial charge in [0.25, 0.3) is 0 Å². The number of benzene rings is 1. The largest absolute Gasteiger partial charge is 0.494 e. The molecule has 122 valence electrons. The summed E-state index contributed by atoms with van der Waals surface area (Å²) in [6, 6.07) is 7.81. The van der Waals surface area contributed by atoms with Gasteiger partial charge < -0.3 is 9.47 Å². The van der Waals surface area contributed by atoms with Crippen molar-refractivity contribution in [1.29, 1.82) is 0 Å². The lowest BCUT2D eigenvalue weighted by Gasteiger charge is -2.07. The van der Waals surface area contributed by atoms with Gasteiger partial charge in [0.15, 0.2) is 5.82 Å². The van der Waals surface area contributed by atoms with Gasteiger partial charge >= 0.3 is 0 Å². The number of aromatic amines is 1. The zero-order chi connectivity index (χ0) is 16.1. The van der Waals surface area contributed by atoms with Gasteiger partial charge in [-0.05, 0) is 49.2 Å². The summed E-state index contributed by atoms with van der Waals surface area (Å²) in [5, 5.41) is 11.5. The van der Waals surface area contributed by atoms with E-state index in [2.05, 4.69) is 22.2 Å². The number of rotatable bonds is 6. The lowest BCUT2D eigenvalue weighted by Crippen LogP contribution is -2.05. The lowest BCUT2D eigenvalue weighted by atomic mass is 10.2. The second kappa shape index (κ2) is 7.52. The highest BCUT2D eigenvalue weighted by atomic mass is 32.1. The van der Waals surface area contributed by atoms with E-state index in [9.17, 15) is 0 Å². The summed E-state index contributed by atoms with van der Waals surface area (Å²) in [4.78, 5) is 0. The Morgan fingerprint density at radius 3 is 3.26 bits per heavy atom. The number of nitrogens with zero attached hydrogens (tertiary/aromatic N) is 3. The monoisotopic (exact) mass is 332 g/mol. The molecule has 1 aromatic heterocycles. The van der Waals surface area contributed by atoms with E-state index in [-0.39, 0.29) is 6.10 Å². The Morgan fingerprint density at radius 2 is 2.48 bits per heavy atom. The maximum atomic E-state index is 5.66. The maximum Gasteiger partial charge on any atom is 0.216 e. The van der Waals surface area contributed by atoms with Crippen LogP contribution in [0.1, 0.15) is 43.7 Å². The van der Waals surface area contributed by atoms with Gasteiger partial charge in [0, 0.05) is 6.61 Å². The molecule has 1 aliphatic rings. The Bertz CT molecular complexity index is 732. The molecule has 1 saturated heterocycles. The van der Waals surface area contributed by atoms with E-state index in [0.29, 0.717) is 11.4 Å². The number of H-pyrrole nitrogens is 1. The number of aromatic nitrogens is 3. The zero-order valence-corrected chi connectivity index (χ0v) is 13.9. The van der Waals surface area contributed by atoms with E-state index in [1.807, 2.05) is 24.3 Å². The van der Waals surface area contributed by atoms with E-state index in [1.54, 1.807) is 10.9 Å². The van der Waals surface area contributed by atoms with Crippen LogP contribution in [-0.4, -0.2) is 34.3 Å². The second-order valence-corrected chi connectivity index (χ2v) is 5.75. The Hall–Kier alpha value is -1.99. The van der Waals surface area contributed by atoms with Gasteiger partial charge in [-0.2, -0.15) is 14.9 Å². The van der Waals surface area contributed by atoms with Crippen molar-refractivity contribution in [2.45, 2.75) is 32.3 Å². The molecule has 0 aliphatic carbocycles. The second-order valence-electron chi connectivity index (χ2n) is 5.37. The molecule has 1 aliphatic heterocycles. The normalized spacial score (nSPS) is 17.9. The minimum Gasteiger partial charge on any atom is -0.494 e. The minimum atomic E-state index is -0.0423. The van der Waals surface area contributed by atoms with Crippen molar-refractivity contribution in [1.82, 2.24) is 14.9 Å². The van der Waals surface area contributed by atoms with Gasteiger partial charge in [-0.3, -0.25) is 5.10 Å². The first-order chi connectivity index (χ1) is 11.3. The molecule has 1 N–H and O–H groups in total. The molecule has 7 heteroatoms. The average Bonchev–Trinajstić information content (AvgIpc) is 3.21. The lowest BCUT2D eigenvalue weighted by molar-refractivity contribution is 0.102. The minimum absolute atomic E-state index is 0.0423. The van der Waals surface area contributed by atoms with Crippen LogP contribution >= 0.6 is 12.2 Å². The molecule has 0 amide bonds. The fourth-order valence-electron chi connectivity index (χ4n) is 2.43. The molecular formula is C16H20N4O2S. The number of nitrogens with one attached hydrogen (secondary N) is 1.